The van der Waals surface area contributed by atoms with Crippen molar-refractivity contribution in [3.05, 3.63) is 35.5 Å². The van der Waals surface area contributed by atoms with Crippen LogP contribution in [-0.4, -0.2) is 16.6 Å². The van der Waals surface area contributed by atoms with Gasteiger partial charge in [-0.3, -0.25) is 0 Å². The van der Waals surface area contributed by atoms with Gasteiger partial charge in [0.05, 0.1) is 0 Å². The Kier molecular flexibility index (Phi) is 2.69. The maximum Gasteiger partial charge on any atom is 0.355 e. The Morgan fingerprint density at radius 3 is 2.47 bits per heavy atom. The van der Waals surface area contributed by atoms with Crippen LogP contribution in [0.4, 0.5) is 0 Å². The van der Waals surface area contributed by atoms with E-state index in [1.165, 1.54) is 0 Å². The molecule has 0 bridgehead atoms. The van der Waals surface area contributed by atoms with Crippen molar-refractivity contribution < 1.29 is 9.53 Å². The quantitative estimate of drug-likeness (QED) is 0.764. The number of esters is 1. The van der Waals surface area contributed by atoms with Gasteiger partial charge in [-0.05, 0) is 39.3 Å². The number of aryl methyl sites for hydroxylation is 1. The fourth-order valence-corrected chi connectivity index (χ4v) is 1.82. The molecule has 0 aliphatic carbocycles. The van der Waals surface area contributed by atoms with E-state index in [-0.39, 0.29) is 5.97 Å². The van der Waals surface area contributed by atoms with Gasteiger partial charge in [0.1, 0.15) is 11.3 Å². The SMILES string of the molecule is Cc1c(C(=O)OC(C)(C)C)[nH]c2ccccc12. The maximum atomic E-state index is 12.0. The number of rotatable bonds is 1. The van der Waals surface area contributed by atoms with Gasteiger partial charge in [-0.25, -0.2) is 4.79 Å². The monoisotopic (exact) mass is 231 g/mol. The Balaban J connectivity index is 2.43. The molecule has 0 spiro atoms. The number of ether oxygens (including phenoxy) is 1. The van der Waals surface area contributed by atoms with Crippen LogP contribution in [0.3, 0.4) is 0 Å². The van der Waals surface area contributed by atoms with E-state index < -0.39 is 5.60 Å². The molecule has 0 aliphatic heterocycles. The lowest BCUT2D eigenvalue weighted by atomic mass is 10.1. The first-order valence-corrected chi connectivity index (χ1v) is 5.69. The summed E-state index contributed by atoms with van der Waals surface area (Å²) < 4.78 is 5.36. The molecule has 17 heavy (non-hydrogen) atoms. The van der Waals surface area contributed by atoms with Crippen LogP contribution in [0.2, 0.25) is 0 Å². The van der Waals surface area contributed by atoms with Crippen LogP contribution in [0, 0.1) is 6.92 Å². The first-order valence-electron chi connectivity index (χ1n) is 5.69. The summed E-state index contributed by atoms with van der Waals surface area (Å²) in [5.74, 6) is -0.300. The van der Waals surface area contributed by atoms with Crippen LogP contribution < -0.4 is 0 Å². The van der Waals surface area contributed by atoms with E-state index in [0.717, 1.165) is 16.5 Å². The third kappa shape index (κ3) is 2.33. The maximum absolute atomic E-state index is 12.0. The van der Waals surface area contributed by atoms with Gasteiger partial charge < -0.3 is 9.72 Å². The molecule has 0 unspecified atom stereocenters. The van der Waals surface area contributed by atoms with E-state index in [9.17, 15) is 4.79 Å². The fourth-order valence-electron chi connectivity index (χ4n) is 1.82. The molecule has 3 nitrogen and oxygen atoms in total. The molecular weight excluding hydrogens is 214 g/mol. The molecule has 0 saturated carbocycles. The average molecular weight is 231 g/mol. The topological polar surface area (TPSA) is 42.1 Å². The van der Waals surface area contributed by atoms with Crippen molar-refractivity contribution in [3.8, 4) is 0 Å². The number of H-pyrrole nitrogens is 1. The van der Waals surface area contributed by atoms with Gasteiger partial charge in [-0.15, -0.1) is 0 Å². The van der Waals surface area contributed by atoms with E-state index in [1.54, 1.807) is 0 Å². The van der Waals surface area contributed by atoms with Crippen LogP contribution in [0.15, 0.2) is 24.3 Å². The molecule has 3 heteroatoms. The van der Waals surface area contributed by atoms with Crippen molar-refractivity contribution in [3.63, 3.8) is 0 Å². The van der Waals surface area contributed by atoms with Gasteiger partial charge in [0, 0.05) is 10.9 Å². The Labute approximate surface area is 101 Å². The van der Waals surface area contributed by atoms with Crippen molar-refractivity contribution in [2.24, 2.45) is 0 Å². The number of benzene rings is 1. The van der Waals surface area contributed by atoms with Crippen molar-refractivity contribution in [1.82, 2.24) is 4.98 Å². The smallest absolute Gasteiger partial charge is 0.355 e. The summed E-state index contributed by atoms with van der Waals surface area (Å²) in [7, 11) is 0. The molecule has 1 aromatic heterocycles. The summed E-state index contributed by atoms with van der Waals surface area (Å²) in [6, 6.07) is 7.85. The van der Waals surface area contributed by atoms with Crippen molar-refractivity contribution in [2.45, 2.75) is 33.3 Å². The summed E-state index contributed by atoms with van der Waals surface area (Å²) in [4.78, 5) is 15.1. The summed E-state index contributed by atoms with van der Waals surface area (Å²) in [5.41, 5.74) is 1.97. The number of hydrogen-bond acceptors (Lipinski definition) is 2. The van der Waals surface area contributed by atoms with Crippen LogP contribution in [0.5, 0.6) is 0 Å². The van der Waals surface area contributed by atoms with E-state index >= 15 is 0 Å². The minimum atomic E-state index is -0.471. The lowest BCUT2D eigenvalue weighted by Gasteiger charge is -2.19. The Bertz CT molecular complexity index is 561. The minimum absolute atomic E-state index is 0.300. The zero-order valence-corrected chi connectivity index (χ0v) is 10.6. The van der Waals surface area contributed by atoms with Crippen molar-refractivity contribution in [1.29, 1.82) is 0 Å². The number of fused-ring (bicyclic) bond motifs is 1. The fraction of sp³-hybridized carbons (Fsp3) is 0.357. The zero-order chi connectivity index (χ0) is 12.6. The largest absolute Gasteiger partial charge is 0.455 e. The van der Waals surface area contributed by atoms with Crippen LogP contribution in [0.25, 0.3) is 10.9 Å². The highest BCUT2D eigenvalue weighted by molar-refractivity contribution is 5.98. The normalized spacial score (nSPS) is 11.8. The second-order valence-corrected chi connectivity index (χ2v) is 5.17. The van der Waals surface area contributed by atoms with Crippen molar-refractivity contribution in [2.75, 3.05) is 0 Å². The molecule has 1 heterocycles. The number of para-hydroxylation sites is 1. The standard InChI is InChI=1S/C14H17NO2/c1-9-10-7-5-6-8-11(10)15-12(9)13(16)17-14(2,3)4/h5-8,15H,1-4H3. The Hall–Kier alpha value is -1.77. The van der Waals surface area contributed by atoms with Crippen LogP contribution >= 0.6 is 0 Å². The molecule has 0 saturated heterocycles. The molecule has 0 fully saturated rings. The van der Waals surface area contributed by atoms with E-state index in [2.05, 4.69) is 4.98 Å². The third-order valence-electron chi connectivity index (χ3n) is 2.57. The summed E-state index contributed by atoms with van der Waals surface area (Å²) >= 11 is 0. The first kappa shape index (κ1) is 11.7. The van der Waals surface area contributed by atoms with E-state index in [1.807, 2.05) is 52.0 Å². The lowest BCUT2D eigenvalue weighted by Crippen LogP contribution is -2.24. The highest BCUT2D eigenvalue weighted by atomic mass is 16.6. The van der Waals surface area contributed by atoms with Crippen molar-refractivity contribution >= 4 is 16.9 Å². The molecule has 1 N–H and O–H groups in total. The highest BCUT2D eigenvalue weighted by Crippen LogP contribution is 2.23. The number of carbonyl (C=O) groups is 1. The van der Waals surface area contributed by atoms with Gasteiger partial charge in [-0.1, -0.05) is 18.2 Å². The molecule has 0 atom stereocenters. The van der Waals surface area contributed by atoms with Crippen LogP contribution in [0.1, 0.15) is 36.8 Å². The number of aromatic nitrogens is 1. The summed E-state index contributed by atoms with van der Waals surface area (Å²) in [6.07, 6.45) is 0. The predicted octanol–water partition coefficient (Wildman–Crippen LogP) is 3.43. The lowest BCUT2D eigenvalue weighted by molar-refractivity contribution is 0.00631. The molecule has 2 aromatic rings. The Morgan fingerprint density at radius 1 is 1.24 bits per heavy atom. The molecule has 90 valence electrons. The number of nitrogens with one attached hydrogen (secondary N) is 1. The van der Waals surface area contributed by atoms with Gasteiger partial charge in [0.15, 0.2) is 0 Å². The molecule has 0 amide bonds. The minimum Gasteiger partial charge on any atom is -0.455 e. The molecule has 2 rings (SSSR count). The second-order valence-electron chi connectivity index (χ2n) is 5.17. The number of hydrogen-bond donors (Lipinski definition) is 1. The summed E-state index contributed by atoms with van der Waals surface area (Å²) in [5, 5.41) is 1.06. The molecule has 0 radical (unpaired) electrons. The first-order chi connectivity index (χ1) is 7.88. The highest BCUT2D eigenvalue weighted by Gasteiger charge is 2.21. The van der Waals surface area contributed by atoms with Crippen LogP contribution in [-0.2, 0) is 4.74 Å². The van der Waals surface area contributed by atoms with E-state index in [0.29, 0.717) is 5.69 Å². The zero-order valence-electron chi connectivity index (χ0n) is 10.6. The van der Waals surface area contributed by atoms with Gasteiger partial charge in [0.2, 0.25) is 0 Å². The number of carbonyl (C=O) groups excluding carboxylic acids is 1. The molecule has 0 aliphatic rings. The third-order valence-corrected chi connectivity index (χ3v) is 2.57. The molecular formula is C14H17NO2. The summed E-state index contributed by atoms with van der Waals surface area (Å²) in [6.45, 7) is 7.52. The number of aromatic amines is 1. The predicted molar refractivity (Wildman–Crippen MR) is 68.2 cm³/mol. The second kappa shape index (κ2) is 3.91. The van der Waals surface area contributed by atoms with Gasteiger partial charge in [0.25, 0.3) is 0 Å². The van der Waals surface area contributed by atoms with E-state index in [4.69, 9.17) is 4.74 Å². The molecule has 1 aromatic carbocycles. The Morgan fingerprint density at radius 2 is 1.88 bits per heavy atom. The average Bonchev–Trinajstić information content (AvgIpc) is 2.55. The van der Waals surface area contributed by atoms with Gasteiger partial charge >= 0.3 is 5.97 Å². The van der Waals surface area contributed by atoms with Gasteiger partial charge in [-0.2, -0.15) is 0 Å².